The Morgan fingerprint density at radius 2 is 2.20 bits per heavy atom. The summed E-state index contributed by atoms with van der Waals surface area (Å²) in [6, 6.07) is -0.685. The number of hydrogen-bond donors (Lipinski definition) is 6. The maximum atomic E-state index is 11.9. The molecule has 0 aromatic rings. The molecule has 2 saturated heterocycles. The van der Waals surface area contributed by atoms with Crippen molar-refractivity contribution in [3.8, 4) is 0 Å². The predicted molar refractivity (Wildman–Crippen MR) is 65.5 cm³/mol. The van der Waals surface area contributed by atoms with Gasteiger partial charge in [0.1, 0.15) is 18.3 Å². The first-order valence-electron chi connectivity index (χ1n) is 6.00. The molecule has 114 valence electrons. The summed E-state index contributed by atoms with van der Waals surface area (Å²) < 4.78 is 5.22. The Balaban J connectivity index is 2.19. The van der Waals surface area contributed by atoms with E-state index in [1.807, 2.05) is 0 Å². The molecule has 0 aromatic carbocycles. The fourth-order valence-corrected chi connectivity index (χ4v) is 2.28. The van der Waals surface area contributed by atoms with Gasteiger partial charge in [0.2, 0.25) is 0 Å². The number of ether oxygens (including phenoxy) is 1. The Hall–Kier alpha value is -1.30. The molecule has 2 aliphatic heterocycles. The molecule has 0 bridgehead atoms. The minimum atomic E-state index is -1.92. The van der Waals surface area contributed by atoms with Crippen LogP contribution in [0.15, 0.2) is 4.99 Å². The first-order chi connectivity index (χ1) is 9.31. The lowest BCUT2D eigenvalue weighted by atomic mass is 10.1. The van der Waals surface area contributed by atoms with E-state index in [4.69, 9.17) is 15.6 Å². The van der Waals surface area contributed by atoms with Crippen molar-refractivity contribution in [1.82, 2.24) is 10.2 Å². The van der Waals surface area contributed by atoms with Gasteiger partial charge in [-0.2, -0.15) is 0 Å². The second-order valence-corrected chi connectivity index (χ2v) is 4.78. The van der Waals surface area contributed by atoms with Crippen molar-refractivity contribution in [3.05, 3.63) is 0 Å². The molecule has 2 rings (SSSR count). The molecule has 0 aliphatic carbocycles. The van der Waals surface area contributed by atoms with Crippen LogP contribution >= 0.6 is 0 Å². The number of rotatable bonds is 2. The number of nitrogens with one attached hydrogen (secondary N) is 1. The molecule has 0 aromatic heterocycles. The number of amides is 2. The molecular weight excluding hydrogens is 272 g/mol. The largest absolute Gasteiger partial charge is 0.394 e. The van der Waals surface area contributed by atoms with Gasteiger partial charge in [-0.25, -0.2) is 4.79 Å². The fraction of sp³-hybridized carbons (Fsp3) is 0.800. The van der Waals surface area contributed by atoms with Crippen molar-refractivity contribution in [2.45, 2.75) is 30.3 Å². The quantitative estimate of drug-likeness (QED) is 0.283. The summed E-state index contributed by atoms with van der Waals surface area (Å²) in [7, 11) is 1.36. The number of hydrogen-bond acceptors (Lipinski definition) is 8. The number of amidine groups is 1. The molecular formula is C10H18N4O6. The van der Waals surface area contributed by atoms with Crippen molar-refractivity contribution in [1.29, 1.82) is 0 Å². The Labute approximate surface area is 114 Å². The summed E-state index contributed by atoms with van der Waals surface area (Å²) in [6.45, 7) is -0.892. The number of carbonyl (C=O) groups excluding carboxylic acids is 1. The van der Waals surface area contributed by atoms with Gasteiger partial charge >= 0.3 is 6.03 Å². The number of nitrogens with zero attached hydrogens (tertiary/aromatic N) is 2. The molecule has 1 unspecified atom stereocenters. The summed E-state index contributed by atoms with van der Waals surface area (Å²) >= 11 is 0. The van der Waals surface area contributed by atoms with E-state index in [-0.39, 0.29) is 12.4 Å². The monoisotopic (exact) mass is 290 g/mol. The Kier molecular flexibility index (Phi) is 3.95. The van der Waals surface area contributed by atoms with E-state index < -0.39 is 42.9 Å². The van der Waals surface area contributed by atoms with Crippen LogP contribution in [0.5, 0.6) is 0 Å². The van der Waals surface area contributed by atoms with Crippen LogP contribution in [0, 0.1) is 0 Å². The van der Waals surface area contributed by atoms with E-state index in [0.29, 0.717) is 0 Å². The van der Waals surface area contributed by atoms with Crippen LogP contribution in [0.4, 0.5) is 4.79 Å². The zero-order valence-corrected chi connectivity index (χ0v) is 10.8. The summed E-state index contributed by atoms with van der Waals surface area (Å²) in [5.74, 6) is -0.106. The average Bonchev–Trinajstić information content (AvgIpc) is 2.68. The van der Waals surface area contributed by atoms with Crippen molar-refractivity contribution in [2.75, 3.05) is 20.2 Å². The van der Waals surface area contributed by atoms with Crippen LogP contribution in [0.25, 0.3) is 0 Å². The average molecular weight is 290 g/mol. The number of carbonyl (C=O) groups is 1. The van der Waals surface area contributed by atoms with Gasteiger partial charge in [0.05, 0.1) is 13.2 Å². The summed E-state index contributed by atoms with van der Waals surface area (Å²) in [5.41, 5.74) is 3.70. The van der Waals surface area contributed by atoms with E-state index in [0.717, 1.165) is 4.90 Å². The van der Waals surface area contributed by atoms with Crippen LogP contribution < -0.4 is 11.1 Å². The SMILES string of the molecule is CN=C1NC(=O)N([C@@H]2O[C@H](CO)[C@@H](O)[C@H]2O)CC1(N)O. The molecule has 10 heteroatoms. The molecule has 5 atom stereocenters. The van der Waals surface area contributed by atoms with E-state index in [1.165, 1.54) is 7.05 Å². The third-order valence-electron chi connectivity index (χ3n) is 3.36. The smallest absolute Gasteiger partial charge is 0.325 e. The Morgan fingerprint density at radius 1 is 1.55 bits per heavy atom. The molecule has 0 radical (unpaired) electrons. The third kappa shape index (κ3) is 2.37. The highest BCUT2D eigenvalue weighted by Crippen LogP contribution is 2.26. The number of aliphatic hydroxyl groups excluding tert-OH is 3. The van der Waals surface area contributed by atoms with Crippen LogP contribution in [0.3, 0.4) is 0 Å². The number of nitrogens with two attached hydrogens (primary N) is 1. The lowest BCUT2D eigenvalue weighted by Gasteiger charge is -2.40. The van der Waals surface area contributed by atoms with Gasteiger partial charge in [-0.3, -0.25) is 20.9 Å². The molecule has 0 spiro atoms. The number of aliphatic hydroxyl groups is 4. The van der Waals surface area contributed by atoms with Gasteiger partial charge in [-0.05, 0) is 0 Å². The normalized spacial score (nSPS) is 44.0. The van der Waals surface area contributed by atoms with Gasteiger partial charge in [-0.1, -0.05) is 0 Å². The summed E-state index contributed by atoms with van der Waals surface area (Å²) in [4.78, 5) is 16.5. The van der Waals surface area contributed by atoms with Gasteiger partial charge in [0.15, 0.2) is 17.8 Å². The lowest BCUT2D eigenvalue weighted by Crippen LogP contribution is -2.71. The molecule has 0 saturated carbocycles. The van der Waals surface area contributed by atoms with E-state index in [2.05, 4.69) is 10.3 Å². The second kappa shape index (κ2) is 5.24. The first kappa shape index (κ1) is 15.1. The van der Waals surface area contributed by atoms with Crippen LogP contribution in [-0.4, -0.2) is 87.7 Å². The molecule has 2 amide bonds. The summed E-state index contributed by atoms with van der Waals surface area (Å²) in [5, 5.41) is 40.8. The highest BCUT2D eigenvalue weighted by molar-refractivity contribution is 6.04. The van der Waals surface area contributed by atoms with Gasteiger partial charge in [-0.15, -0.1) is 0 Å². The van der Waals surface area contributed by atoms with E-state index >= 15 is 0 Å². The van der Waals surface area contributed by atoms with Crippen molar-refractivity contribution in [3.63, 3.8) is 0 Å². The van der Waals surface area contributed by atoms with E-state index in [9.17, 15) is 20.1 Å². The maximum Gasteiger partial charge on any atom is 0.325 e. The number of urea groups is 1. The van der Waals surface area contributed by atoms with Crippen molar-refractivity contribution >= 4 is 11.9 Å². The third-order valence-corrected chi connectivity index (χ3v) is 3.36. The molecule has 20 heavy (non-hydrogen) atoms. The topological polar surface area (TPSA) is 161 Å². The van der Waals surface area contributed by atoms with Crippen molar-refractivity contribution in [2.24, 2.45) is 10.7 Å². The Morgan fingerprint density at radius 3 is 2.70 bits per heavy atom. The maximum absolute atomic E-state index is 11.9. The van der Waals surface area contributed by atoms with Gasteiger partial charge in [0.25, 0.3) is 0 Å². The fourth-order valence-electron chi connectivity index (χ4n) is 2.28. The molecule has 7 N–H and O–H groups in total. The molecule has 2 aliphatic rings. The first-order valence-corrected chi connectivity index (χ1v) is 6.00. The summed E-state index contributed by atoms with van der Waals surface area (Å²) in [6.07, 6.45) is -5.01. The van der Waals surface area contributed by atoms with Crippen molar-refractivity contribution < 1.29 is 30.0 Å². The highest BCUT2D eigenvalue weighted by Gasteiger charge is 2.50. The van der Waals surface area contributed by atoms with Crippen LogP contribution in [0.1, 0.15) is 0 Å². The van der Waals surface area contributed by atoms with Crippen LogP contribution in [0.2, 0.25) is 0 Å². The van der Waals surface area contributed by atoms with Gasteiger partial charge in [0, 0.05) is 7.05 Å². The minimum absolute atomic E-state index is 0.106. The molecule has 2 heterocycles. The second-order valence-electron chi connectivity index (χ2n) is 4.78. The lowest BCUT2D eigenvalue weighted by molar-refractivity contribution is -0.0957. The number of β-amino-alcohol motifs (C(OH)–C–C–N with tert-alkyl or cyclic N) is 1. The molecule has 2 fully saturated rings. The van der Waals surface area contributed by atoms with E-state index in [1.54, 1.807) is 0 Å². The zero-order chi connectivity index (χ0) is 15.1. The minimum Gasteiger partial charge on any atom is -0.394 e. The Bertz CT molecular complexity index is 428. The predicted octanol–water partition coefficient (Wildman–Crippen LogP) is -3.87. The molecule has 10 nitrogen and oxygen atoms in total. The van der Waals surface area contributed by atoms with Crippen LogP contribution in [-0.2, 0) is 4.74 Å². The highest BCUT2D eigenvalue weighted by atomic mass is 16.6. The number of aliphatic imine (C=N–C) groups is 1. The van der Waals surface area contributed by atoms with Gasteiger partial charge < -0.3 is 25.2 Å². The zero-order valence-electron chi connectivity index (χ0n) is 10.8. The standard InChI is InChI=1S/C10H18N4O6/c1-12-8-10(11,19)3-14(9(18)13-8)7-6(17)5(16)4(2-15)20-7/h4-7,15-17,19H,2-3,11H2,1H3,(H,12,13,18)/t4-,5-,6-,7-,10?/m1/s1.